The Balaban J connectivity index is 1.47. The molecule has 0 unspecified atom stereocenters. The van der Waals surface area contributed by atoms with Gasteiger partial charge in [0.25, 0.3) is 5.69 Å². The van der Waals surface area contributed by atoms with Gasteiger partial charge in [0.1, 0.15) is 11.5 Å². The summed E-state index contributed by atoms with van der Waals surface area (Å²) in [4.78, 5) is 24.2. The van der Waals surface area contributed by atoms with Gasteiger partial charge in [0.15, 0.2) is 0 Å². The van der Waals surface area contributed by atoms with Gasteiger partial charge in [0.05, 0.1) is 27.2 Å². The van der Waals surface area contributed by atoms with Crippen LogP contribution in [0.1, 0.15) is 40.0 Å². The smallest absolute Gasteiger partial charge is 0.295 e. The monoisotopic (exact) mass is 549 g/mol. The van der Waals surface area contributed by atoms with Gasteiger partial charge in [-0.05, 0) is 73.9 Å². The van der Waals surface area contributed by atoms with E-state index >= 15 is 0 Å². The van der Waals surface area contributed by atoms with Crippen molar-refractivity contribution in [2.45, 2.75) is 24.7 Å². The van der Waals surface area contributed by atoms with E-state index in [0.29, 0.717) is 41.0 Å². The van der Waals surface area contributed by atoms with Gasteiger partial charge < -0.3 is 4.40 Å². The molecule has 4 aromatic rings. The van der Waals surface area contributed by atoms with Gasteiger partial charge in [-0.3, -0.25) is 20.3 Å². The molecule has 0 atom stereocenters. The van der Waals surface area contributed by atoms with Gasteiger partial charge in [0, 0.05) is 36.5 Å². The molecule has 0 spiro atoms. The van der Waals surface area contributed by atoms with Crippen molar-refractivity contribution in [2.75, 3.05) is 18.5 Å². The van der Waals surface area contributed by atoms with Crippen LogP contribution < -0.4 is 5.43 Å². The number of nitro benzene ring substituents is 1. The highest BCUT2D eigenvalue weighted by atomic mass is 32.2. The van der Waals surface area contributed by atoms with E-state index < -0.39 is 26.5 Å². The Morgan fingerprint density at radius 1 is 1.10 bits per heavy atom. The zero-order valence-corrected chi connectivity index (χ0v) is 21.7. The summed E-state index contributed by atoms with van der Waals surface area (Å²) in [5, 5.41) is 15.9. The minimum Gasteiger partial charge on any atom is -0.313 e. The largest absolute Gasteiger partial charge is 0.313 e. The molecule has 0 amide bonds. The van der Waals surface area contributed by atoms with Crippen LogP contribution in [0.2, 0.25) is 0 Å². The second kappa shape index (κ2) is 10.4. The molecular formula is C27H24FN5O5S. The molecule has 2 aromatic carbocycles. The minimum atomic E-state index is -3.83. The van der Waals surface area contributed by atoms with Crippen LogP contribution in [0.25, 0.3) is 5.52 Å². The molecule has 1 aliphatic rings. The van der Waals surface area contributed by atoms with Gasteiger partial charge in [-0.25, -0.2) is 12.8 Å². The fraction of sp³-hybridized carbons (Fsp3) is 0.185. The highest BCUT2D eigenvalue weighted by Crippen LogP contribution is 2.30. The number of nitro groups is 1. The predicted molar refractivity (Wildman–Crippen MR) is 144 cm³/mol. The number of fused-ring (bicyclic) bond motifs is 1. The van der Waals surface area contributed by atoms with Gasteiger partial charge >= 0.3 is 0 Å². The van der Waals surface area contributed by atoms with E-state index in [1.165, 1.54) is 46.9 Å². The predicted octanol–water partition coefficient (Wildman–Crippen LogP) is 4.76. The van der Waals surface area contributed by atoms with E-state index in [1.54, 1.807) is 35.7 Å². The fourth-order valence-electron chi connectivity index (χ4n) is 4.70. The summed E-state index contributed by atoms with van der Waals surface area (Å²) in [6.45, 7) is 2.53. The molecule has 1 N–H and O–H groups in total. The molecule has 1 saturated heterocycles. The zero-order valence-electron chi connectivity index (χ0n) is 20.9. The average Bonchev–Trinajstić information content (AvgIpc) is 3.56. The summed E-state index contributed by atoms with van der Waals surface area (Å²) >= 11 is 0. The summed E-state index contributed by atoms with van der Waals surface area (Å²) in [6.07, 6.45) is 4.68. The zero-order chi connectivity index (χ0) is 27.7. The topological polar surface area (TPSA) is 126 Å². The van der Waals surface area contributed by atoms with E-state index in [1.807, 2.05) is 0 Å². The second-order valence-corrected chi connectivity index (χ2v) is 11.0. The average molecular weight is 550 g/mol. The number of hydrogen-bond donors (Lipinski definition) is 1. The maximum absolute atomic E-state index is 13.4. The van der Waals surface area contributed by atoms with Crippen molar-refractivity contribution in [3.05, 3.63) is 105 Å². The summed E-state index contributed by atoms with van der Waals surface area (Å²) in [5.41, 5.74) is 4.81. The first-order valence-electron chi connectivity index (χ1n) is 12.2. The minimum absolute atomic E-state index is 0.0143. The lowest BCUT2D eigenvalue weighted by molar-refractivity contribution is -0.384. The maximum Gasteiger partial charge on any atom is 0.295 e. The first-order valence-corrected chi connectivity index (χ1v) is 13.6. The molecule has 3 heterocycles. The first-order chi connectivity index (χ1) is 18.7. The van der Waals surface area contributed by atoms with E-state index in [4.69, 9.17) is 0 Å². The fourth-order valence-corrected chi connectivity index (χ4v) is 6.24. The third-order valence-corrected chi connectivity index (χ3v) is 8.60. The molecule has 1 aliphatic heterocycles. The maximum atomic E-state index is 13.4. The molecule has 5 rings (SSSR count). The van der Waals surface area contributed by atoms with Crippen LogP contribution >= 0.6 is 0 Å². The number of anilines is 1. The number of hydrazone groups is 1. The molecular weight excluding hydrogens is 525 g/mol. The first kappa shape index (κ1) is 26.2. The lowest BCUT2D eigenvalue weighted by Gasteiger charge is -2.15. The summed E-state index contributed by atoms with van der Waals surface area (Å²) in [5.74, 6) is -0.746. The number of nitrogens with zero attached hydrogens (tertiary/aromatic N) is 4. The highest BCUT2D eigenvalue weighted by Gasteiger charge is 2.29. The van der Waals surface area contributed by atoms with Crippen LogP contribution in [-0.4, -0.2) is 47.1 Å². The highest BCUT2D eigenvalue weighted by molar-refractivity contribution is 7.89. The van der Waals surface area contributed by atoms with E-state index in [0.717, 1.165) is 18.9 Å². The summed E-state index contributed by atoms with van der Waals surface area (Å²) < 4.78 is 42.1. The lowest BCUT2D eigenvalue weighted by Crippen LogP contribution is -2.27. The number of pyridine rings is 1. The molecule has 2 aromatic heterocycles. The molecule has 0 saturated carbocycles. The molecule has 39 heavy (non-hydrogen) atoms. The van der Waals surface area contributed by atoms with Gasteiger partial charge in [-0.15, -0.1) is 0 Å². The van der Waals surface area contributed by atoms with Crippen molar-refractivity contribution < 1.29 is 22.5 Å². The van der Waals surface area contributed by atoms with Crippen LogP contribution in [0.5, 0.6) is 0 Å². The Bertz CT molecular complexity index is 1730. The quantitative estimate of drug-likeness (QED) is 0.146. The number of halogens is 1. The number of nitrogens with one attached hydrogen (secondary N) is 1. The molecule has 1 fully saturated rings. The summed E-state index contributed by atoms with van der Waals surface area (Å²) in [6, 6.07) is 14.3. The van der Waals surface area contributed by atoms with Crippen LogP contribution in [-0.2, 0) is 10.0 Å². The molecule has 0 radical (unpaired) electrons. The van der Waals surface area contributed by atoms with E-state index in [2.05, 4.69) is 10.5 Å². The van der Waals surface area contributed by atoms with Crippen LogP contribution in [0.4, 0.5) is 15.8 Å². The number of carbonyl (C=O) groups is 1. The Hall–Kier alpha value is -4.42. The van der Waals surface area contributed by atoms with Crippen molar-refractivity contribution in [3.8, 4) is 0 Å². The number of rotatable bonds is 8. The molecule has 0 aliphatic carbocycles. The van der Waals surface area contributed by atoms with Crippen molar-refractivity contribution in [3.63, 3.8) is 0 Å². The lowest BCUT2D eigenvalue weighted by atomic mass is 10.0. The van der Waals surface area contributed by atoms with Gasteiger partial charge in [0.2, 0.25) is 15.8 Å². The normalized spacial score (nSPS) is 14.3. The Kier molecular flexibility index (Phi) is 6.98. The molecule has 12 heteroatoms. The van der Waals surface area contributed by atoms with Crippen LogP contribution in [0.3, 0.4) is 0 Å². The number of benzene rings is 2. The van der Waals surface area contributed by atoms with Crippen molar-refractivity contribution in [1.29, 1.82) is 0 Å². The second-order valence-electron chi connectivity index (χ2n) is 9.10. The number of ketones is 1. The Labute approximate surface area is 223 Å². The third-order valence-electron chi connectivity index (χ3n) is 6.70. The Morgan fingerprint density at radius 2 is 1.82 bits per heavy atom. The molecule has 0 bridgehead atoms. The number of aromatic nitrogens is 1. The third kappa shape index (κ3) is 4.91. The number of hydrogen-bond acceptors (Lipinski definition) is 7. The van der Waals surface area contributed by atoms with E-state index in [9.17, 15) is 27.7 Å². The number of sulfonamides is 1. The van der Waals surface area contributed by atoms with Crippen molar-refractivity contribution in [1.82, 2.24) is 8.71 Å². The molecule has 200 valence electrons. The SMILES string of the molecule is Cc1c(C=NNc2ccc(S(=O)(=O)N3CCCC3)cc2[N+](=O)[O-])c2ccccn2c1C(=O)c1ccc(F)cc1. The van der Waals surface area contributed by atoms with Crippen LogP contribution in [0.15, 0.2) is 76.9 Å². The standard InChI is InChI=1S/C27H24FN5O5S/c1-18-22(24-6-2-3-15-32(24)26(18)27(34)19-7-9-20(28)10-8-19)17-29-30-23-12-11-21(16-25(23)33(35)36)39(37,38)31-13-4-5-14-31/h2-3,6-12,15-17,30H,4-5,13-14H2,1H3. The van der Waals surface area contributed by atoms with E-state index in [-0.39, 0.29) is 16.4 Å². The summed E-state index contributed by atoms with van der Waals surface area (Å²) in [7, 11) is -3.83. The Morgan fingerprint density at radius 3 is 2.51 bits per heavy atom. The van der Waals surface area contributed by atoms with Crippen molar-refractivity contribution >= 4 is 38.9 Å². The van der Waals surface area contributed by atoms with Gasteiger partial charge in [-0.2, -0.15) is 9.41 Å². The number of carbonyl (C=O) groups excluding carboxylic acids is 1. The molecule has 10 nitrogen and oxygen atoms in total. The van der Waals surface area contributed by atoms with Gasteiger partial charge in [-0.1, -0.05) is 6.07 Å². The van der Waals surface area contributed by atoms with Crippen molar-refractivity contribution in [2.24, 2.45) is 5.10 Å². The van der Waals surface area contributed by atoms with Crippen LogP contribution in [0, 0.1) is 22.9 Å².